The van der Waals surface area contributed by atoms with Gasteiger partial charge in [0.15, 0.2) is 0 Å². The molecule has 4 rings (SSSR count). The summed E-state index contributed by atoms with van der Waals surface area (Å²) in [5, 5.41) is 22.6. The van der Waals surface area contributed by atoms with Crippen LogP contribution in [0.25, 0.3) is 0 Å². The fourth-order valence-corrected chi connectivity index (χ4v) is 10.0. The summed E-state index contributed by atoms with van der Waals surface area (Å²) in [6.07, 6.45) is 13.2. The lowest BCUT2D eigenvalue weighted by Gasteiger charge is -2.61. The Hall–Kier alpha value is -1.10. The van der Waals surface area contributed by atoms with E-state index in [1.165, 1.54) is 44.9 Å². The van der Waals surface area contributed by atoms with Gasteiger partial charge in [0.2, 0.25) is 5.91 Å². The highest BCUT2D eigenvalue weighted by atomic mass is 16.4. The Balaban J connectivity index is 1.35. The third-order valence-electron chi connectivity index (χ3n) is 11.8. The second-order valence-corrected chi connectivity index (χ2v) is 14.3. The van der Waals surface area contributed by atoms with Crippen LogP contribution in [0.3, 0.4) is 0 Å². The van der Waals surface area contributed by atoms with Gasteiger partial charge < -0.3 is 15.5 Å². The number of aliphatic carboxylic acids is 1. The van der Waals surface area contributed by atoms with Crippen LogP contribution in [-0.4, -0.2) is 34.2 Å². The van der Waals surface area contributed by atoms with Gasteiger partial charge in [-0.3, -0.25) is 9.59 Å². The van der Waals surface area contributed by atoms with Gasteiger partial charge >= 0.3 is 5.97 Å². The second-order valence-electron chi connectivity index (χ2n) is 14.3. The van der Waals surface area contributed by atoms with E-state index >= 15 is 0 Å². The topological polar surface area (TPSA) is 86.6 Å². The molecule has 0 saturated heterocycles. The van der Waals surface area contributed by atoms with Crippen molar-refractivity contribution < 1.29 is 19.8 Å². The first-order valence-electron chi connectivity index (χ1n) is 15.1. The molecule has 0 spiro atoms. The quantitative estimate of drug-likeness (QED) is 0.338. The van der Waals surface area contributed by atoms with E-state index in [4.69, 9.17) is 0 Å². The van der Waals surface area contributed by atoms with Gasteiger partial charge in [0, 0.05) is 12.5 Å². The maximum Gasteiger partial charge on any atom is 0.305 e. The molecule has 10 atom stereocenters. The van der Waals surface area contributed by atoms with Crippen molar-refractivity contribution in [3.8, 4) is 0 Å². The standard InChI is InChI=1S/C31H53NO4/c1-19(2)16-22(18-29(35)36)32-28(34)11-6-20(3)25-9-10-26-24-8-7-21-17-23(33)12-14-30(21,4)27(24)13-15-31(25,26)5/h19-27,33H,6-18H2,1-5H3,(H,32,34)(H,35,36)/t20-,21-,22+,23-,24+,25-,26+,27+,30+,31-/m1/s1. The van der Waals surface area contributed by atoms with Crippen molar-refractivity contribution in [1.82, 2.24) is 5.32 Å². The van der Waals surface area contributed by atoms with E-state index in [1.54, 1.807) is 0 Å². The van der Waals surface area contributed by atoms with Crippen LogP contribution in [0, 0.1) is 52.3 Å². The van der Waals surface area contributed by atoms with Crippen molar-refractivity contribution >= 4 is 11.9 Å². The Labute approximate surface area is 219 Å². The first kappa shape index (κ1) is 27.9. The van der Waals surface area contributed by atoms with Crippen LogP contribution in [0.15, 0.2) is 0 Å². The van der Waals surface area contributed by atoms with E-state index in [9.17, 15) is 19.8 Å². The number of fused-ring (bicyclic) bond motifs is 5. The number of carboxylic acid groups (broad SMARTS) is 1. The summed E-state index contributed by atoms with van der Waals surface area (Å²) in [6.45, 7) is 11.6. The summed E-state index contributed by atoms with van der Waals surface area (Å²) < 4.78 is 0. The van der Waals surface area contributed by atoms with Crippen LogP contribution < -0.4 is 5.32 Å². The van der Waals surface area contributed by atoms with E-state index in [0.717, 1.165) is 37.0 Å². The van der Waals surface area contributed by atoms with Crippen LogP contribution in [0.5, 0.6) is 0 Å². The highest BCUT2D eigenvalue weighted by Gasteiger charge is 2.60. The number of nitrogens with one attached hydrogen (secondary N) is 1. The van der Waals surface area contributed by atoms with Crippen LogP contribution in [0.2, 0.25) is 0 Å². The highest BCUT2D eigenvalue weighted by molar-refractivity contribution is 5.77. The SMILES string of the molecule is CC(C)C[C@@H](CC(=O)O)NC(=O)CC[C@@H](C)[C@H]1CC[C@H]2[C@@H]3CC[C@@H]4C[C@H](O)CC[C@]4(C)[C@H]3CC[C@]12C. The molecule has 5 heteroatoms. The van der Waals surface area contributed by atoms with Crippen LogP contribution in [0.1, 0.15) is 118 Å². The molecule has 0 aromatic heterocycles. The molecule has 0 bridgehead atoms. The lowest BCUT2D eigenvalue weighted by atomic mass is 9.44. The van der Waals surface area contributed by atoms with Crippen molar-refractivity contribution in [1.29, 1.82) is 0 Å². The number of carbonyl (C=O) groups excluding carboxylic acids is 1. The van der Waals surface area contributed by atoms with Crippen molar-refractivity contribution in [2.75, 3.05) is 0 Å². The summed E-state index contributed by atoms with van der Waals surface area (Å²) in [5.41, 5.74) is 0.811. The molecule has 4 saturated carbocycles. The molecular formula is C31H53NO4. The maximum atomic E-state index is 12.8. The lowest BCUT2D eigenvalue weighted by Crippen LogP contribution is -2.54. The number of rotatable bonds is 9. The molecular weight excluding hydrogens is 450 g/mol. The van der Waals surface area contributed by atoms with Crippen LogP contribution in [0.4, 0.5) is 0 Å². The minimum absolute atomic E-state index is 0.00312. The van der Waals surface area contributed by atoms with Gasteiger partial charge in [0.1, 0.15) is 0 Å². The third kappa shape index (κ3) is 5.52. The second kappa shape index (κ2) is 10.9. The first-order chi connectivity index (χ1) is 16.9. The highest BCUT2D eigenvalue weighted by Crippen LogP contribution is 2.68. The summed E-state index contributed by atoms with van der Waals surface area (Å²) in [6, 6.07) is -0.272. The Bertz CT molecular complexity index is 797. The Morgan fingerprint density at radius 1 is 0.944 bits per heavy atom. The largest absolute Gasteiger partial charge is 0.481 e. The molecule has 36 heavy (non-hydrogen) atoms. The zero-order chi connectivity index (χ0) is 26.3. The Morgan fingerprint density at radius 2 is 1.64 bits per heavy atom. The number of hydrogen-bond donors (Lipinski definition) is 3. The van der Waals surface area contributed by atoms with Crippen LogP contribution in [-0.2, 0) is 9.59 Å². The zero-order valence-corrected chi connectivity index (χ0v) is 23.6. The molecule has 3 N–H and O–H groups in total. The molecule has 0 radical (unpaired) electrons. The lowest BCUT2D eigenvalue weighted by molar-refractivity contribution is -0.137. The fourth-order valence-electron chi connectivity index (χ4n) is 10.0. The monoisotopic (exact) mass is 503 g/mol. The number of aliphatic hydroxyl groups is 1. The summed E-state index contributed by atoms with van der Waals surface area (Å²) in [5.74, 6) is 3.92. The third-order valence-corrected chi connectivity index (χ3v) is 11.8. The molecule has 206 valence electrons. The number of hydrogen-bond acceptors (Lipinski definition) is 3. The van der Waals surface area contributed by atoms with E-state index in [0.29, 0.717) is 47.3 Å². The van der Waals surface area contributed by atoms with Crippen molar-refractivity contribution in [2.24, 2.45) is 52.3 Å². The Morgan fingerprint density at radius 3 is 2.33 bits per heavy atom. The summed E-state index contributed by atoms with van der Waals surface area (Å²) in [7, 11) is 0. The van der Waals surface area contributed by atoms with E-state index in [-0.39, 0.29) is 24.5 Å². The smallest absolute Gasteiger partial charge is 0.305 e. The molecule has 4 fully saturated rings. The predicted octanol–water partition coefficient (Wildman–Crippen LogP) is 6.43. The minimum Gasteiger partial charge on any atom is -0.481 e. The molecule has 0 aliphatic heterocycles. The van der Waals surface area contributed by atoms with Gasteiger partial charge in [-0.05, 0) is 123 Å². The molecule has 4 aliphatic rings. The number of carboxylic acids is 1. The molecule has 1 amide bonds. The van der Waals surface area contributed by atoms with E-state index < -0.39 is 5.97 Å². The zero-order valence-electron chi connectivity index (χ0n) is 23.6. The molecule has 5 nitrogen and oxygen atoms in total. The van der Waals surface area contributed by atoms with Gasteiger partial charge in [0.05, 0.1) is 12.5 Å². The summed E-state index contributed by atoms with van der Waals surface area (Å²) in [4.78, 5) is 24.0. The fraction of sp³-hybridized carbons (Fsp3) is 0.935. The van der Waals surface area contributed by atoms with Crippen molar-refractivity contribution in [2.45, 2.75) is 130 Å². The predicted molar refractivity (Wildman–Crippen MR) is 143 cm³/mol. The van der Waals surface area contributed by atoms with Crippen molar-refractivity contribution in [3.63, 3.8) is 0 Å². The average Bonchev–Trinajstić information content (AvgIpc) is 3.14. The molecule has 0 unspecified atom stereocenters. The Kier molecular flexibility index (Phi) is 8.49. The molecule has 0 aromatic carbocycles. The minimum atomic E-state index is -0.845. The average molecular weight is 504 g/mol. The molecule has 0 heterocycles. The van der Waals surface area contributed by atoms with Gasteiger partial charge in [-0.2, -0.15) is 0 Å². The van der Waals surface area contributed by atoms with Crippen molar-refractivity contribution in [3.05, 3.63) is 0 Å². The molecule has 4 aliphatic carbocycles. The summed E-state index contributed by atoms with van der Waals surface area (Å²) >= 11 is 0. The number of carbonyl (C=O) groups is 2. The maximum absolute atomic E-state index is 12.8. The number of aliphatic hydroxyl groups excluding tert-OH is 1. The molecule has 0 aromatic rings. The van der Waals surface area contributed by atoms with Gasteiger partial charge in [-0.15, -0.1) is 0 Å². The number of amides is 1. The van der Waals surface area contributed by atoms with Gasteiger partial charge in [-0.1, -0.05) is 34.6 Å². The van der Waals surface area contributed by atoms with Crippen LogP contribution >= 0.6 is 0 Å². The normalized spacial score (nSPS) is 41.6. The van der Waals surface area contributed by atoms with Gasteiger partial charge in [-0.25, -0.2) is 0 Å². The van der Waals surface area contributed by atoms with Gasteiger partial charge in [0.25, 0.3) is 0 Å². The van der Waals surface area contributed by atoms with E-state index in [1.807, 2.05) is 0 Å². The first-order valence-corrected chi connectivity index (χ1v) is 15.1. The van der Waals surface area contributed by atoms with E-state index in [2.05, 4.69) is 39.9 Å².